The Morgan fingerprint density at radius 1 is 0.870 bits per heavy atom. The lowest BCUT2D eigenvalue weighted by Crippen LogP contribution is -2.39. The van der Waals surface area contributed by atoms with E-state index in [-0.39, 0.29) is 0 Å². The van der Waals surface area contributed by atoms with Gasteiger partial charge in [0.2, 0.25) is 0 Å². The van der Waals surface area contributed by atoms with Crippen LogP contribution in [0.25, 0.3) is 0 Å². The predicted molar refractivity (Wildman–Crippen MR) is 86.4 cm³/mol. The minimum absolute atomic E-state index is 0.354. The average Bonchev–Trinajstić information content (AvgIpc) is 3.06. The number of hydrogen-bond acceptors (Lipinski definition) is 1. The predicted octanol–water partition coefficient (Wildman–Crippen LogP) is 5.51. The second-order valence-corrected chi connectivity index (χ2v) is 7.18. The summed E-state index contributed by atoms with van der Waals surface area (Å²) in [5.41, 5.74) is 0.508. The maximum absolute atomic E-state index is 12.7. The summed E-state index contributed by atoms with van der Waals surface area (Å²) in [5.74, 6) is 1.15. The smallest absolute Gasteiger partial charge is 0.313 e. The highest BCUT2D eigenvalue weighted by molar-refractivity contribution is 5.28. The molecule has 2 fully saturated rings. The Hall–Kier alpha value is -1.03. The fourth-order valence-electron chi connectivity index (χ4n) is 4.23. The van der Waals surface area contributed by atoms with E-state index in [1.165, 1.54) is 50.7 Å². The summed E-state index contributed by atoms with van der Waals surface area (Å²) in [4.78, 5) is 0. The van der Waals surface area contributed by atoms with Crippen molar-refractivity contribution in [1.29, 1.82) is 0 Å². The largest absolute Gasteiger partial charge is 0.416 e. The normalized spacial score (nSPS) is 26.6. The molecule has 0 bridgehead atoms. The van der Waals surface area contributed by atoms with E-state index in [0.29, 0.717) is 12.0 Å². The Morgan fingerprint density at radius 2 is 1.48 bits per heavy atom. The first kappa shape index (κ1) is 16.8. The van der Waals surface area contributed by atoms with Crippen molar-refractivity contribution in [2.24, 2.45) is 5.92 Å². The van der Waals surface area contributed by atoms with E-state index >= 15 is 0 Å². The van der Waals surface area contributed by atoms with Gasteiger partial charge >= 0.3 is 6.18 Å². The second-order valence-electron chi connectivity index (χ2n) is 7.18. The van der Waals surface area contributed by atoms with Crippen LogP contribution in [0.15, 0.2) is 24.3 Å². The molecular weight excluding hydrogens is 299 g/mol. The molecule has 0 unspecified atom stereocenters. The molecule has 4 heteroatoms. The summed E-state index contributed by atoms with van der Waals surface area (Å²) < 4.78 is 38.2. The number of nitrogens with one attached hydrogen (secondary N) is 1. The van der Waals surface area contributed by atoms with Gasteiger partial charge in [-0.3, -0.25) is 0 Å². The van der Waals surface area contributed by atoms with Gasteiger partial charge in [0.15, 0.2) is 0 Å². The van der Waals surface area contributed by atoms with Gasteiger partial charge in [0.1, 0.15) is 0 Å². The highest BCUT2D eigenvalue weighted by Crippen LogP contribution is 2.36. The van der Waals surface area contributed by atoms with Crippen LogP contribution in [0, 0.1) is 5.92 Å². The Kier molecular flexibility index (Phi) is 5.30. The van der Waals surface area contributed by atoms with Crippen LogP contribution in [-0.4, -0.2) is 12.6 Å². The lowest BCUT2D eigenvalue weighted by molar-refractivity contribution is -0.137. The average molecular weight is 325 g/mol. The van der Waals surface area contributed by atoms with Gasteiger partial charge < -0.3 is 5.32 Å². The number of alkyl halides is 3. The van der Waals surface area contributed by atoms with Gasteiger partial charge in [0, 0.05) is 6.04 Å². The van der Waals surface area contributed by atoms with Crippen molar-refractivity contribution in [3.63, 3.8) is 0 Å². The molecule has 23 heavy (non-hydrogen) atoms. The molecule has 1 nitrogen and oxygen atoms in total. The molecule has 1 N–H and O–H groups in total. The zero-order valence-corrected chi connectivity index (χ0v) is 13.5. The Bertz CT molecular complexity index is 488. The molecule has 2 aliphatic rings. The topological polar surface area (TPSA) is 12.0 Å². The fourth-order valence-corrected chi connectivity index (χ4v) is 4.23. The zero-order chi connectivity index (χ0) is 16.3. The summed E-state index contributed by atoms with van der Waals surface area (Å²) in [6.07, 6.45) is 5.71. The first-order valence-electron chi connectivity index (χ1n) is 8.94. The first-order valence-corrected chi connectivity index (χ1v) is 8.94. The van der Waals surface area contributed by atoms with Crippen molar-refractivity contribution in [3.8, 4) is 0 Å². The van der Waals surface area contributed by atoms with Gasteiger partial charge in [0.05, 0.1) is 5.56 Å². The number of rotatable bonds is 4. The molecule has 0 spiro atoms. The van der Waals surface area contributed by atoms with Gasteiger partial charge in [-0.2, -0.15) is 13.2 Å². The lowest BCUT2D eigenvalue weighted by Gasteiger charge is -2.33. The number of hydrogen-bond donors (Lipinski definition) is 1. The maximum atomic E-state index is 12.7. The van der Waals surface area contributed by atoms with Gasteiger partial charge in [-0.15, -0.1) is 0 Å². The summed E-state index contributed by atoms with van der Waals surface area (Å²) in [7, 11) is 0. The molecule has 2 aliphatic carbocycles. The van der Waals surface area contributed by atoms with E-state index in [0.717, 1.165) is 30.9 Å². The quantitative estimate of drug-likeness (QED) is 0.769. The van der Waals surface area contributed by atoms with Gasteiger partial charge in [0.25, 0.3) is 0 Å². The summed E-state index contributed by atoms with van der Waals surface area (Å²) >= 11 is 0. The molecule has 1 aromatic carbocycles. The van der Waals surface area contributed by atoms with Crippen LogP contribution in [0.1, 0.15) is 68.4 Å². The van der Waals surface area contributed by atoms with Gasteiger partial charge in [-0.25, -0.2) is 0 Å². The molecule has 128 valence electrons. The van der Waals surface area contributed by atoms with E-state index in [1.54, 1.807) is 12.1 Å². The molecular formula is C19H26F3N. The third-order valence-corrected chi connectivity index (χ3v) is 5.58. The van der Waals surface area contributed by atoms with Crippen molar-refractivity contribution >= 4 is 0 Å². The molecule has 0 heterocycles. The summed E-state index contributed by atoms with van der Waals surface area (Å²) in [6.45, 7) is 1.07. The van der Waals surface area contributed by atoms with Crippen molar-refractivity contribution in [3.05, 3.63) is 35.4 Å². The van der Waals surface area contributed by atoms with Gasteiger partial charge in [-0.1, -0.05) is 37.8 Å². The standard InChI is InChI=1S/C19H26F3N/c20-19(21,22)16-11-9-15(10-12-16)17-7-3-4-8-18(17)23-13-14-5-1-2-6-14/h9-12,14,17-18,23H,1-8,13H2/t17-,18+/m0/s1. The monoisotopic (exact) mass is 325 g/mol. The fraction of sp³-hybridized carbons (Fsp3) is 0.684. The second kappa shape index (κ2) is 7.25. The molecule has 2 saturated carbocycles. The van der Waals surface area contributed by atoms with E-state index in [9.17, 15) is 13.2 Å². The molecule has 0 saturated heterocycles. The van der Waals surface area contributed by atoms with Crippen molar-refractivity contribution in [1.82, 2.24) is 5.32 Å². The van der Waals surface area contributed by atoms with Crippen molar-refractivity contribution in [2.45, 2.75) is 69.5 Å². The van der Waals surface area contributed by atoms with Crippen LogP contribution in [0.2, 0.25) is 0 Å². The minimum atomic E-state index is -4.24. The van der Waals surface area contributed by atoms with Crippen LogP contribution in [0.3, 0.4) is 0 Å². The SMILES string of the molecule is FC(F)(F)c1ccc([C@@H]2CCCC[C@H]2NCC2CCCC2)cc1. The molecule has 1 aromatic rings. The summed E-state index contributed by atoms with van der Waals surface area (Å²) in [5, 5.41) is 3.73. The van der Waals surface area contributed by atoms with E-state index in [2.05, 4.69) is 5.32 Å². The molecule has 0 aliphatic heterocycles. The molecule has 0 aromatic heterocycles. The molecule has 0 amide bonds. The van der Waals surface area contributed by atoms with Crippen LogP contribution < -0.4 is 5.32 Å². The Morgan fingerprint density at radius 3 is 2.13 bits per heavy atom. The van der Waals surface area contributed by atoms with E-state index in [4.69, 9.17) is 0 Å². The Labute approximate surface area is 136 Å². The Balaban J connectivity index is 1.65. The van der Waals surface area contributed by atoms with Crippen molar-refractivity contribution in [2.75, 3.05) is 6.54 Å². The molecule has 2 atom stereocenters. The minimum Gasteiger partial charge on any atom is -0.313 e. The van der Waals surface area contributed by atoms with Crippen molar-refractivity contribution < 1.29 is 13.2 Å². The maximum Gasteiger partial charge on any atom is 0.416 e. The lowest BCUT2D eigenvalue weighted by atomic mass is 9.79. The van der Waals surface area contributed by atoms with Crippen LogP contribution in [0.4, 0.5) is 13.2 Å². The third-order valence-electron chi connectivity index (χ3n) is 5.58. The third kappa shape index (κ3) is 4.28. The van der Waals surface area contributed by atoms with Gasteiger partial charge in [-0.05, 0) is 61.8 Å². The number of halogens is 3. The van der Waals surface area contributed by atoms with Crippen LogP contribution >= 0.6 is 0 Å². The van der Waals surface area contributed by atoms with E-state index in [1.807, 2.05) is 0 Å². The molecule has 3 rings (SSSR count). The van der Waals surface area contributed by atoms with Crippen LogP contribution in [0.5, 0.6) is 0 Å². The number of benzene rings is 1. The highest BCUT2D eigenvalue weighted by Gasteiger charge is 2.31. The molecule has 0 radical (unpaired) electrons. The van der Waals surface area contributed by atoms with Crippen LogP contribution in [-0.2, 0) is 6.18 Å². The highest BCUT2D eigenvalue weighted by atomic mass is 19.4. The zero-order valence-electron chi connectivity index (χ0n) is 13.5. The van der Waals surface area contributed by atoms with E-state index < -0.39 is 11.7 Å². The first-order chi connectivity index (χ1) is 11.0. The summed E-state index contributed by atoms with van der Waals surface area (Å²) in [6, 6.07) is 6.25.